The average Bonchev–Trinajstić information content (AvgIpc) is 3.11. The van der Waals surface area contributed by atoms with Gasteiger partial charge >= 0.3 is 6.18 Å². The number of rotatable bonds is 3. The molecule has 1 aromatic carbocycles. The van der Waals surface area contributed by atoms with E-state index >= 15 is 0 Å². The molecule has 1 fully saturated rings. The van der Waals surface area contributed by atoms with E-state index in [1.807, 2.05) is 0 Å². The van der Waals surface area contributed by atoms with E-state index in [0.717, 1.165) is 21.3 Å². The first-order valence-electron chi connectivity index (χ1n) is 7.85. The van der Waals surface area contributed by atoms with E-state index in [2.05, 4.69) is 10.0 Å². The Balaban J connectivity index is 1.82. The van der Waals surface area contributed by atoms with Crippen LogP contribution in [-0.4, -0.2) is 31.7 Å². The number of likely N-dealkylation sites (N-methyl/N-ethyl adjacent to an activating group) is 1. The summed E-state index contributed by atoms with van der Waals surface area (Å²) in [6, 6.07) is 6.08. The number of hydrogen-bond donors (Lipinski definition) is 2. The predicted octanol–water partition coefficient (Wildman–Crippen LogP) is 2.99. The van der Waals surface area contributed by atoms with Crippen LogP contribution in [0.2, 0.25) is 0 Å². The van der Waals surface area contributed by atoms with Gasteiger partial charge in [0.1, 0.15) is 6.04 Å². The second kappa shape index (κ2) is 7.23. The Morgan fingerprint density at radius 2 is 2.04 bits per heavy atom. The second-order valence-electron chi connectivity index (χ2n) is 6.03. The second-order valence-corrected chi connectivity index (χ2v) is 8.77. The van der Waals surface area contributed by atoms with E-state index in [0.29, 0.717) is 0 Å². The van der Waals surface area contributed by atoms with Gasteiger partial charge < -0.3 is 5.32 Å². The Morgan fingerprint density at radius 3 is 2.67 bits per heavy atom. The summed E-state index contributed by atoms with van der Waals surface area (Å²) in [6.07, 6.45) is -4.39. The molecule has 146 valence electrons. The lowest BCUT2D eigenvalue weighted by molar-refractivity contribution is -0.137. The Kier molecular flexibility index (Phi) is 5.30. The fraction of sp³-hybridized carbons (Fsp3) is 0.312. The fourth-order valence-electron chi connectivity index (χ4n) is 2.79. The molecular weight excluding hydrogens is 403 g/mol. The highest BCUT2D eigenvalue weighted by molar-refractivity contribution is 7.87. The van der Waals surface area contributed by atoms with Crippen LogP contribution in [0, 0.1) is 0 Å². The SMILES string of the molecule is CN1C(C(=O)Nc2cccc(C(F)(F)F)c2)CC(c2cccs2)NS1(=O)=O. The van der Waals surface area contributed by atoms with Crippen LogP contribution in [0.25, 0.3) is 0 Å². The van der Waals surface area contributed by atoms with Gasteiger partial charge in [-0.1, -0.05) is 12.1 Å². The summed E-state index contributed by atoms with van der Waals surface area (Å²) in [6.45, 7) is 0. The molecule has 6 nitrogen and oxygen atoms in total. The molecule has 0 aliphatic carbocycles. The molecule has 1 saturated heterocycles. The van der Waals surface area contributed by atoms with E-state index < -0.39 is 39.9 Å². The molecule has 0 saturated carbocycles. The molecule has 1 aromatic heterocycles. The minimum atomic E-state index is -4.54. The molecule has 11 heteroatoms. The monoisotopic (exact) mass is 419 g/mol. The molecular formula is C16H16F3N3O3S2. The van der Waals surface area contributed by atoms with E-state index in [1.54, 1.807) is 17.5 Å². The van der Waals surface area contributed by atoms with Crippen LogP contribution in [0.1, 0.15) is 22.9 Å². The number of alkyl halides is 3. The maximum Gasteiger partial charge on any atom is 0.416 e. The lowest BCUT2D eigenvalue weighted by atomic mass is 10.1. The third-order valence-corrected chi connectivity index (χ3v) is 6.80. The van der Waals surface area contributed by atoms with Gasteiger partial charge in [0.05, 0.1) is 11.6 Å². The third-order valence-electron chi connectivity index (χ3n) is 4.21. The van der Waals surface area contributed by atoms with Crippen LogP contribution in [0.3, 0.4) is 0 Å². The minimum absolute atomic E-state index is 0.0492. The van der Waals surface area contributed by atoms with Crippen molar-refractivity contribution >= 4 is 33.1 Å². The number of amides is 1. The van der Waals surface area contributed by atoms with Crippen molar-refractivity contribution in [3.8, 4) is 0 Å². The largest absolute Gasteiger partial charge is 0.416 e. The first-order chi connectivity index (χ1) is 12.6. The Bertz CT molecular complexity index is 930. The third kappa shape index (κ3) is 4.32. The van der Waals surface area contributed by atoms with Crippen molar-refractivity contribution in [3.63, 3.8) is 0 Å². The first-order valence-corrected chi connectivity index (χ1v) is 10.2. The molecule has 1 aliphatic heterocycles. The summed E-state index contributed by atoms with van der Waals surface area (Å²) < 4.78 is 66.5. The van der Waals surface area contributed by atoms with E-state index in [4.69, 9.17) is 0 Å². The summed E-state index contributed by atoms with van der Waals surface area (Å²) in [5.41, 5.74) is -0.949. The average molecular weight is 419 g/mol. The molecule has 0 spiro atoms. The predicted molar refractivity (Wildman–Crippen MR) is 95.4 cm³/mol. The fourth-order valence-corrected chi connectivity index (χ4v) is 4.92. The normalized spacial score (nSPS) is 23.1. The zero-order chi connectivity index (χ0) is 19.8. The lowest BCUT2D eigenvalue weighted by Gasteiger charge is -2.35. The van der Waals surface area contributed by atoms with Gasteiger partial charge in [-0.2, -0.15) is 30.6 Å². The standard InChI is InChI=1S/C16H16F3N3O3S2/c1-22-13(9-12(21-27(22,24)25)14-6-3-7-26-14)15(23)20-11-5-2-4-10(8-11)16(17,18)19/h2-8,12-13,21H,9H2,1H3,(H,20,23). The number of halogens is 3. The molecule has 2 atom stereocenters. The van der Waals surface area contributed by atoms with E-state index in [9.17, 15) is 26.4 Å². The van der Waals surface area contributed by atoms with Crippen LogP contribution in [-0.2, 0) is 21.2 Å². The van der Waals surface area contributed by atoms with Crippen LogP contribution >= 0.6 is 11.3 Å². The van der Waals surface area contributed by atoms with Gasteiger partial charge in [0.25, 0.3) is 10.2 Å². The number of carbonyl (C=O) groups is 1. The molecule has 2 N–H and O–H groups in total. The summed E-state index contributed by atoms with van der Waals surface area (Å²) in [7, 11) is -2.65. The summed E-state index contributed by atoms with van der Waals surface area (Å²) >= 11 is 1.35. The molecule has 0 bridgehead atoms. The van der Waals surface area contributed by atoms with Gasteiger partial charge in [0, 0.05) is 17.6 Å². The molecule has 27 heavy (non-hydrogen) atoms. The highest BCUT2D eigenvalue weighted by atomic mass is 32.2. The number of nitrogens with one attached hydrogen (secondary N) is 2. The number of thiophene rings is 1. The highest BCUT2D eigenvalue weighted by Crippen LogP contribution is 2.32. The zero-order valence-corrected chi connectivity index (χ0v) is 15.7. The molecule has 1 amide bonds. The topological polar surface area (TPSA) is 78.5 Å². The van der Waals surface area contributed by atoms with Crippen LogP contribution in [0.4, 0.5) is 18.9 Å². The Labute approximate surface area is 158 Å². The summed E-state index contributed by atoms with van der Waals surface area (Å²) in [4.78, 5) is 13.4. The van der Waals surface area contributed by atoms with Gasteiger partial charge in [0.15, 0.2) is 0 Å². The maximum absolute atomic E-state index is 12.8. The van der Waals surface area contributed by atoms with Crippen LogP contribution < -0.4 is 10.0 Å². The van der Waals surface area contributed by atoms with Gasteiger partial charge in [0.2, 0.25) is 5.91 Å². The van der Waals surface area contributed by atoms with Crippen LogP contribution in [0.5, 0.6) is 0 Å². The maximum atomic E-state index is 12.8. The quantitative estimate of drug-likeness (QED) is 0.803. The number of benzene rings is 1. The van der Waals surface area contributed by atoms with E-state index in [1.165, 1.54) is 30.5 Å². The summed E-state index contributed by atoms with van der Waals surface area (Å²) in [5.74, 6) is -0.691. The van der Waals surface area contributed by atoms with Crippen molar-refractivity contribution in [2.45, 2.75) is 24.7 Å². The molecule has 2 aromatic rings. The van der Waals surface area contributed by atoms with Crippen molar-refractivity contribution in [3.05, 3.63) is 52.2 Å². The van der Waals surface area contributed by atoms with Crippen molar-refractivity contribution in [2.24, 2.45) is 0 Å². The van der Waals surface area contributed by atoms with E-state index in [-0.39, 0.29) is 12.1 Å². The number of hydrogen-bond acceptors (Lipinski definition) is 4. The molecule has 2 heterocycles. The number of anilines is 1. The Hall–Kier alpha value is -1.95. The molecule has 3 rings (SSSR count). The first kappa shape index (κ1) is 19.8. The Morgan fingerprint density at radius 1 is 1.30 bits per heavy atom. The smallest absolute Gasteiger partial charge is 0.325 e. The molecule has 2 unspecified atom stereocenters. The van der Waals surface area contributed by atoms with Crippen molar-refractivity contribution in [1.29, 1.82) is 0 Å². The van der Waals surface area contributed by atoms with Crippen molar-refractivity contribution in [2.75, 3.05) is 12.4 Å². The highest BCUT2D eigenvalue weighted by Gasteiger charge is 2.41. The number of carbonyl (C=O) groups excluding carboxylic acids is 1. The van der Waals surface area contributed by atoms with Gasteiger partial charge in [-0.25, -0.2) is 0 Å². The van der Waals surface area contributed by atoms with Gasteiger partial charge in [-0.05, 0) is 36.1 Å². The lowest BCUT2D eigenvalue weighted by Crippen LogP contribution is -2.55. The van der Waals surface area contributed by atoms with Crippen LogP contribution in [0.15, 0.2) is 41.8 Å². The van der Waals surface area contributed by atoms with Gasteiger partial charge in [-0.15, -0.1) is 11.3 Å². The van der Waals surface area contributed by atoms with Gasteiger partial charge in [-0.3, -0.25) is 4.79 Å². The van der Waals surface area contributed by atoms with Crippen molar-refractivity contribution < 1.29 is 26.4 Å². The molecule has 1 aliphatic rings. The number of nitrogens with zero attached hydrogens (tertiary/aromatic N) is 1. The zero-order valence-electron chi connectivity index (χ0n) is 14.0. The minimum Gasteiger partial charge on any atom is -0.325 e. The summed E-state index contributed by atoms with van der Waals surface area (Å²) in [5, 5.41) is 4.18. The van der Waals surface area contributed by atoms with Crippen molar-refractivity contribution in [1.82, 2.24) is 9.03 Å². The molecule has 0 radical (unpaired) electrons.